The maximum atomic E-state index is 11.5. The second kappa shape index (κ2) is 9.50. The minimum Gasteiger partial charge on any atom is -0.466 e. The number of unbranched alkanes of at least 4 members (excludes halogenated alkanes) is 2. The lowest BCUT2D eigenvalue weighted by Crippen LogP contribution is -2.05. The fourth-order valence-electron chi connectivity index (χ4n) is 1.95. The molecular weight excluding hydrogens is 300 g/mol. The molecule has 0 fully saturated rings. The molecule has 124 valence electrons. The highest BCUT2D eigenvalue weighted by molar-refractivity contribution is 5.69. The first-order valence-corrected chi connectivity index (χ1v) is 7.60. The van der Waals surface area contributed by atoms with Gasteiger partial charge in [0.25, 0.3) is 0 Å². The van der Waals surface area contributed by atoms with Crippen LogP contribution < -0.4 is 0 Å². The Bertz CT molecular complexity index is 518. The van der Waals surface area contributed by atoms with E-state index in [1.807, 2.05) is 0 Å². The molecule has 0 saturated carbocycles. The Kier molecular flexibility index (Phi) is 6.97. The molecular formula is C17H20O6. The average molecular weight is 320 g/mol. The first-order chi connectivity index (χ1) is 11.2. The lowest BCUT2D eigenvalue weighted by atomic mass is 10.1. The van der Waals surface area contributed by atoms with Crippen LogP contribution in [0.15, 0.2) is 45.6 Å². The van der Waals surface area contributed by atoms with Gasteiger partial charge in [-0.1, -0.05) is 6.42 Å². The van der Waals surface area contributed by atoms with Crippen molar-refractivity contribution in [1.29, 1.82) is 0 Å². The summed E-state index contributed by atoms with van der Waals surface area (Å²) >= 11 is 0. The van der Waals surface area contributed by atoms with E-state index in [2.05, 4.69) is 0 Å². The van der Waals surface area contributed by atoms with E-state index >= 15 is 0 Å². The Morgan fingerprint density at radius 2 is 1.26 bits per heavy atom. The van der Waals surface area contributed by atoms with Crippen LogP contribution >= 0.6 is 0 Å². The van der Waals surface area contributed by atoms with Crippen LogP contribution in [0.25, 0.3) is 0 Å². The highest BCUT2D eigenvalue weighted by Crippen LogP contribution is 2.09. The molecule has 23 heavy (non-hydrogen) atoms. The molecule has 0 saturated heterocycles. The van der Waals surface area contributed by atoms with E-state index < -0.39 is 0 Å². The molecule has 0 amide bonds. The van der Waals surface area contributed by atoms with E-state index in [-0.39, 0.29) is 25.2 Å². The SMILES string of the molecule is O=C(CCCCCC(=O)OCc1ccco1)OCc1ccco1. The average Bonchev–Trinajstić information content (AvgIpc) is 3.24. The number of furan rings is 2. The zero-order chi connectivity index (χ0) is 16.3. The highest BCUT2D eigenvalue weighted by Gasteiger charge is 2.07. The zero-order valence-corrected chi connectivity index (χ0v) is 12.9. The first kappa shape index (κ1) is 16.9. The molecule has 2 rings (SSSR count). The van der Waals surface area contributed by atoms with Gasteiger partial charge in [0.2, 0.25) is 0 Å². The Balaban J connectivity index is 1.45. The Hall–Kier alpha value is -2.50. The van der Waals surface area contributed by atoms with Gasteiger partial charge in [0.1, 0.15) is 24.7 Å². The molecule has 0 unspecified atom stereocenters. The van der Waals surface area contributed by atoms with E-state index in [9.17, 15) is 9.59 Å². The van der Waals surface area contributed by atoms with E-state index in [1.165, 1.54) is 12.5 Å². The Morgan fingerprint density at radius 3 is 1.65 bits per heavy atom. The third kappa shape index (κ3) is 6.86. The number of hydrogen-bond donors (Lipinski definition) is 0. The lowest BCUT2D eigenvalue weighted by molar-refractivity contribution is -0.145. The minimum absolute atomic E-state index is 0.158. The Labute approximate surface area is 134 Å². The van der Waals surface area contributed by atoms with Crippen molar-refractivity contribution < 1.29 is 27.9 Å². The topological polar surface area (TPSA) is 78.9 Å². The van der Waals surface area contributed by atoms with Crippen LogP contribution in [0.5, 0.6) is 0 Å². The van der Waals surface area contributed by atoms with Gasteiger partial charge < -0.3 is 18.3 Å². The second-order valence-electron chi connectivity index (χ2n) is 5.04. The summed E-state index contributed by atoms with van der Waals surface area (Å²) in [5, 5.41) is 0. The van der Waals surface area contributed by atoms with Crippen molar-refractivity contribution in [3.05, 3.63) is 48.3 Å². The van der Waals surface area contributed by atoms with Crippen LogP contribution in [0.1, 0.15) is 43.6 Å². The summed E-state index contributed by atoms with van der Waals surface area (Å²) in [5.41, 5.74) is 0. The monoisotopic (exact) mass is 320 g/mol. The van der Waals surface area contributed by atoms with Gasteiger partial charge in [-0.25, -0.2) is 0 Å². The quantitative estimate of drug-likeness (QED) is 0.491. The van der Waals surface area contributed by atoms with Gasteiger partial charge in [-0.05, 0) is 37.1 Å². The van der Waals surface area contributed by atoms with Gasteiger partial charge in [0.05, 0.1) is 12.5 Å². The van der Waals surface area contributed by atoms with E-state index in [1.54, 1.807) is 24.3 Å². The predicted molar refractivity (Wildman–Crippen MR) is 80.1 cm³/mol. The molecule has 0 N–H and O–H groups in total. The fourth-order valence-corrected chi connectivity index (χ4v) is 1.95. The standard InChI is InChI=1S/C17H20O6/c18-16(22-12-14-6-4-10-20-14)8-2-1-3-9-17(19)23-13-15-7-5-11-21-15/h4-7,10-11H,1-3,8-9,12-13H2. The van der Waals surface area contributed by atoms with Crippen molar-refractivity contribution in [2.75, 3.05) is 0 Å². The summed E-state index contributed by atoms with van der Waals surface area (Å²) in [7, 11) is 0. The predicted octanol–water partition coefficient (Wildman–Crippen LogP) is 3.61. The number of ether oxygens (including phenoxy) is 2. The molecule has 0 spiro atoms. The van der Waals surface area contributed by atoms with Gasteiger partial charge in [-0.15, -0.1) is 0 Å². The van der Waals surface area contributed by atoms with Gasteiger partial charge in [-0.2, -0.15) is 0 Å². The van der Waals surface area contributed by atoms with E-state index in [0.717, 1.165) is 6.42 Å². The number of carbonyl (C=O) groups excluding carboxylic acids is 2. The van der Waals surface area contributed by atoms with Crippen LogP contribution in [0.2, 0.25) is 0 Å². The first-order valence-electron chi connectivity index (χ1n) is 7.60. The van der Waals surface area contributed by atoms with E-state index in [0.29, 0.717) is 37.2 Å². The molecule has 0 atom stereocenters. The molecule has 2 aromatic heterocycles. The van der Waals surface area contributed by atoms with Crippen molar-refractivity contribution in [2.24, 2.45) is 0 Å². The molecule has 0 aromatic carbocycles. The maximum absolute atomic E-state index is 11.5. The molecule has 0 bridgehead atoms. The molecule has 0 aliphatic heterocycles. The number of hydrogen-bond acceptors (Lipinski definition) is 6. The van der Waals surface area contributed by atoms with Crippen molar-refractivity contribution >= 4 is 11.9 Å². The summed E-state index contributed by atoms with van der Waals surface area (Å²) in [6, 6.07) is 6.99. The van der Waals surface area contributed by atoms with Crippen LogP contribution in [0.3, 0.4) is 0 Å². The second-order valence-corrected chi connectivity index (χ2v) is 5.04. The van der Waals surface area contributed by atoms with Crippen LogP contribution in [-0.2, 0) is 32.3 Å². The smallest absolute Gasteiger partial charge is 0.306 e. The fraction of sp³-hybridized carbons (Fsp3) is 0.412. The summed E-state index contributed by atoms with van der Waals surface area (Å²) in [5.74, 6) is 0.721. The molecule has 0 radical (unpaired) electrons. The Morgan fingerprint density at radius 1 is 0.783 bits per heavy atom. The van der Waals surface area contributed by atoms with Crippen molar-refractivity contribution in [3.63, 3.8) is 0 Å². The van der Waals surface area contributed by atoms with Crippen LogP contribution in [0, 0.1) is 0 Å². The minimum atomic E-state index is -0.262. The summed E-state index contributed by atoms with van der Waals surface area (Å²) < 4.78 is 20.3. The number of carbonyl (C=O) groups is 2. The van der Waals surface area contributed by atoms with Gasteiger partial charge in [0.15, 0.2) is 0 Å². The molecule has 2 aromatic rings. The van der Waals surface area contributed by atoms with Gasteiger partial charge in [-0.3, -0.25) is 9.59 Å². The van der Waals surface area contributed by atoms with E-state index in [4.69, 9.17) is 18.3 Å². The van der Waals surface area contributed by atoms with Crippen molar-refractivity contribution in [3.8, 4) is 0 Å². The van der Waals surface area contributed by atoms with Gasteiger partial charge >= 0.3 is 11.9 Å². The lowest BCUT2D eigenvalue weighted by Gasteiger charge is -2.04. The van der Waals surface area contributed by atoms with Crippen LogP contribution in [0.4, 0.5) is 0 Å². The number of rotatable bonds is 10. The van der Waals surface area contributed by atoms with Gasteiger partial charge in [0, 0.05) is 12.8 Å². The summed E-state index contributed by atoms with van der Waals surface area (Å²) in [4.78, 5) is 23.0. The molecule has 6 heteroatoms. The summed E-state index contributed by atoms with van der Waals surface area (Å²) in [6.07, 6.45) is 5.88. The number of esters is 2. The zero-order valence-electron chi connectivity index (χ0n) is 12.9. The highest BCUT2D eigenvalue weighted by atomic mass is 16.5. The molecule has 2 heterocycles. The third-order valence-corrected chi connectivity index (χ3v) is 3.17. The van der Waals surface area contributed by atoms with Crippen LogP contribution in [-0.4, -0.2) is 11.9 Å². The molecule has 6 nitrogen and oxygen atoms in total. The maximum Gasteiger partial charge on any atom is 0.306 e. The molecule has 0 aliphatic rings. The summed E-state index contributed by atoms with van der Waals surface area (Å²) in [6.45, 7) is 0.315. The van der Waals surface area contributed by atoms with Crippen molar-refractivity contribution in [1.82, 2.24) is 0 Å². The normalized spacial score (nSPS) is 10.4. The largest absolute Gasteiger partial charge is 0.466 e. The third-order valence-electron chi connectivity index (χ3n) is 3.17. The molecule has 0 aliphatic carbocycles. The van der Waals surface area contributed by atoms with Crippen molar-refractivity contribution in [2.45, 2.75) is 45.3 Å².